The average Bonchev–Trinajstić information content (AvgIpc) is 2.73. The maximum absolute atomic E-state index is 12.8. The number of carbonyl (C=O) groups is 2. The van der Waals surface area contributed by atoms with Gasteiger partial charge in [-0.2, -0.15) is 0 Å². The first-order chi connectivity index (χ1) is 14.3. The third kappa shape index (κ3) is 4.72. The van der Waals surface area contributed by atoms with Gasteiger partial charge in [-0.05, 0) is 52.2 Å². The molecule has 0 bridgehead atoms. The van der Waals surface area contributed by atoms with E-state index < -0.39 is 17.0 Å². The number of hydrogen-bond acceptors (Lipinski definition) is 7. The standard InChI is InChI=1S/C21H29N3O6/c1-14-5-4-6-15(2)23(14)20(25)16(3)30-21(26)17-7-8-18(19(13-17)24(27)28)22-9-11-29-12-10-22/h7-8,13-16H,4-6,9-12H2,1-3H3/t14-,15+,16-/m1/s1. The number of benzene rings is 1. The summed E-state index contributed by atoms with van der Waals surface area (Å²) in [4.78, 5) is 40.2. The summed E-state index contributed by atoms with van der Waals surface area (Å²) < 4.78 is 10.7. The van der Waals surface area contributed by atoms with Crippen LogP contribution in [-0.2, 0) is 14.3 Å². The van der Waals surface area contributed by atoms with Gasteiger partial charge in [0.25, 0.3) is 11.6 Å². The molecule has 2 aliphatic heterocycles. The molecule has 30 heavy (non-hydrogen) atoms. The van der Waals surface area contributed by atoms with E-state index in [9.17, 15) is 19.7 Å². The highest BCUT2D eigenvalue weighted by molar-refractivity contribution is 5.94. The molecule has 3 atom stereocenters. The van der Waals surface area contributed by atoms with Crippen molar-refractivity contribution in [1.82, 2.24) is 4.90 Å². The number of piperidine rings is 1. The smallest absolute Gasteiger partial charge is 0.339 e. The van der Waals surface area contributed by atoms with E-state index in [4.69, 9.17) is 9.47 Å². The lowest BCUT2D eigenvalue weighted by Gasteiger charge is -2.40. The molecule has 2 heterocycles. The van der Waals surface area contributed by atoms with Gasteiger partial charge in [-0.3, -0.25) is 14.9 Å². The van der Waals surface area contributed by atoms with Gasteiger partial charge in [0.05, 0.1) is 23.7 Å². The van der Waals surface area contributed by atoms with E-state index in [2.05, 4.69) is 0 Å². The van der Waals surface area contributed by atoms with Crippen LogP contribution < -0.4 is 4.90 Å². The van der Waals surface area contributed by atoms with E-state index >= 15 is 0 Å². The zero-order chi connectivity index (χ0) is 21.8. The number of morpholine rings is 1. The first-order valence-electron chi connectivity index (χ1n) is 10.4. The van der Waals surface area contributed by atoms with Crippen molar-refractivity contribution in [3.05, 3.63) is 33.9 Å². The second-order valence-corrected chi connectivity index (χ2v) is 7.98. The van der Waals surface area contributed by atoms with Crippen LogP contribution in [0.1, 0.15) is 50.4 Å². The largest absolute Gasteiger partial charge is 0.449 e. The van der Waals surface area contributed by atoms with Crippen LogP contribution in [-0.4, -0.2) is 66.2 Å². The van der Waals surface area contributed by atoms with Gasteiger partial charge < -0.3 is 19.3 Å². The quantitative estimate of drug-likeness (QED) is 0.411. The van der Waals surface area contributed by atoms with Gasteiger partial charge in [0.1, 0.15) is 5.69 Å². The number of carbonyl (C=O) groups excluding carboxylic acids is 2. The number of esters is 1. The molecule has 1 amide bonds. The first-order valence-corrected chi connectivity index (χ1v) is 10.4. The fourth-order valence-electron chi connectivity index (χ4n) is 4.21. The van der Waals surface area contributed by atoms with Gasteiger partial charge in [0.15, 0.2) is 6.10 Å². The molecule has 1 aromatic carbocycles. The normalized spacial score (nSPS) is 23.0. The number of hydrogen-bond donors (Lipinski definition) is 0. The SMILES string of the molecule is C[C@@H]1CCC[C@H](C)N1C(=O)[C@@H](C)OC(=O)c1ccc(N2CCOCC2)c([N+](=O)[O-])c1. The Morgan fingerprint density at radius 2 is 1.83 bits per heavy atom. The predicted octanol–water partition coefficient (Wildman–Crippen LogP) is 2.77. The summed E-state index contributed by atoms with van der Waals surface area (Å²) >= 11 is 0. The molecule has 0 radical (unpaired) electrons. The van der Waals surface area contributed by atoms with E-state index in [1.807, 2.05) is 18.7 Å². The summed E-state index contributed by atoms with van der Waals surface area (Å²) in [5.41, 5.74) is 0.335. The minimum absolute atomic E-state index is 0.0538. The maximum Gasteiger partial charge on any atom is 0.339 e. The van der Waals surface area contributed by atoms with Gasteiger partial charge in [0.2, 0.25) is 0 Å². The Labute approximate surface area is 176 Å². The number of nitro benzene ring substituents is 1. The number of likely N-dealkylation sites (tertiary alicyclic amines) is 1. The summed E-state index contributed by atoms with van der Waals surface area (Å²) in [6, 6.07) is 4.47. The van der Waals surface area contributed by atoms with Crippen molar-refractivity contribution < 1.29 is 24.0 Å². The van der Waals surface area contributed by atoms with Crippen molar-refractivity contribution in [2.75, 3.05) is 31.2 Å². The van der Waals surface area contributed by atoms with Crippen LogP contribution in [0.25, 0.3) is 0 Å². The Balaban J connectivity index is 1.73. The molecule has 164 valence electrons. The average molecular weight is 419 g/mol. The number of nitrogens with zero attached hydrogens (tertiary/aromatic N) is 3. The van der Waals surface area contributed by atoms with E-state index in [0.29, 0.717) is 32.0 Å². The molecule has 9 nitrogen and oxygen atoms in total. The molecule has 3 rings (SSSR count). The molecular formula is C21H29N3O6. The summed E-state index contributed by atoms with van der Waals surface area (Å²) in [5.74, 6) is -0.979. The third-order valence-electron chi connectivity index (χ3n) is 5.84. The molecule has 0 aromatic heterocycles. The first kappa shape index (κ1) is 22.0. The van der Waals surface area contributed by atoms with Crippen molar-refractivity contribution >= 4 is 23.3 Å². The molecule has 0 N–H and O–H groups in total. The summed E-state index contributed by atoms with van der Waals surface area (Å²) in [7, 11) is 0. The van der Waals surface area contributed by atoms with Crippen molar-refractivity contribution in [2.45, 2.75) is 58.2 Å². The van der Waals surface area contributed by atoms with Crippen LogP contribution >= 0.6 is 0 Å². The molecule has 1 aromatic rings. The number of nitro groups is 1. The van der Waals surface area contributed by atoms with Gasteiger partial charge in [-0.15, -0.1) is 0 Å². The third-order valence-corrected chi connectivity index (χ3v) is 5.84. The number of amides is 1. The molecule has 0 spiro atoms. The van der Waals surface area contributed by atoms with Crippen LogP contribution in [0.5, 0.6) is 0 Å². The van der Waals surface area contributed by atoms with Gasteiger partial charge in [-0.1, -0.05) is 0 Å². The second-order valence-electron chi connectivity index (χ2n) is 7.98. The minimum atomic E-state index is -0.960. The minimum Gasteiger partial charge on any atom is -0.449 e. The van der Waals surface area contributed by atoms with Gasteiger partial charge in [-0.25, -0.2) is 4.79 Å². The fraction of sp³-hybridized carbons (Fsp3) is 0.619. The lowest BCUT2D eigenvalue weighted by molar-refractivity contribution is -0.384. The van der Waals surface area contributed by atoms with Gasteiger partial charge in [0, 0.05) is 31.2 Å². The summed E-state index contributed by atoms with van der Waals surface area (Å²) in [5, 5.41) is 11.6. The van der Waals surface area contributed by atoms with E-state index in [1.54, 1.807) is 17.9 Å². The van der Waals surface area contributed by atoms with Gasteiger partial charge >= 0.3 is 5.97 Å². The van der Waals surface area contributed by atoms with E-state index in [1.165, 1.54) is 12.1 Å². The van der Waals surface area contributed by atoms with Crippen LogP contribution in [0.15, 0.2) is 18.2 Å². The zero-order valence-corrected chi connectivity index (χ0v) is 17.7. The number of rotatable bonds is 5. The van der Waals surface area contributed by atoms with Crippen LogP contribution in [0.4, 0.5) is 11.4 Å². The highest BCUT2D eigenvalue weighted by atomic mass is 16.6. The Bertz CT molecular complexity index is 798. The fourth-order valence-corrected chi connectivity index (χ4v) is 4.21. The molecule has 9 heteroatoms. The van der Waals surface area contributed by atoms with Crippen molar-refractivity contribution in [1.29, 1.82) is 0 Å². The lowest BCUT2D eigenvalue weighted by atomic mass is 9.97. The molecular weight excluding hydrogens is 390 g/mol. The van der Waals surface area contributed by atoms with Crippen molar-refractivity contribution in [3.63, 3.8) is 0 Å². The molecule has 0 unspecified atom stereocenters. The van der Waals surface area contributed by atoms with E-state index in [-0.39, 0.29) is 29.2 Å². The van der Waals surface area contributed by atoms with Crippen LogP contribution in [0.2, 0.25) is 0 Å². The molecule has 0 aliphatic carbocycles. The molecule has 2 fully saturated rings. The Kier molecular flexibility index (Phi) is 6.91. The maximum atomic E-state index is 12.8. The van der Waals surface area contributed by atoms with Crippen LogP contribution in [0, 0.1) is 10.1 Å². The second kappa shape index (κ2) is 9.42. The van der Waals surface area contributed by atoms with Crippen molar-refractivity contribution in [2.24, 2.45) is 0 Å². The molecule has 2 aliphatic rings. The summed E-state index contributed by atoms with van der Waals surface area (Å²) in [6.07, 6.45) is 1.95. The Morgan fingerprint density at radius 3 is 2.43 bits per heavy atom. The number of anilines is 1. The highest BCUT2D eigenvalue weighted by Crippen LogP contribution is 2.30. The summed E-state index contributed by atoms with van der Waals surface area (Å²) in [6.45, 7) is 7.61. The van der Waals surface area contributed by atoms with Crippen molar-refractivity contribution in [3.8, 4) is 0 Å². The highest BCUT2D eigenvalue weighted by Gasteiger charge is 2.33. The zero-order valence-electron chi connectivity index (χ0n) is 17.7. The number of ether oxygens (including phenoxy) is 2. The molecule has 0 saturated carbocycles. The Morgan fingerprint density at radius 1 is 1.20 bits per heavy atom. The van der Waals surface area contributed by atoms with E-state index in [0.717, 1.165) is 19.3 Å². The predicted molar refractivity (Wildman–Crippen MR) is 111 cm³/mol. The Hall–Kier alpha value is -2.68. The molecule has 2 saturated heterocycles. The topological polar surface area (TPSA) is 102 Å². The van der Waals surface area contributed by atoms with Crippen LogP contribution in [0.3, 0.4) is 0 Å². The monoisotopic (exact) mass is 419 g/mol. The lowest BCUT2D eigenvalue weighted by Crippen LogP contribution is -2.51.